The van der Waals surface area contributed by atoms with Gasteiger partial charge in [-0.25, -0.2) is 0 Å². The van der Waals surface area contributed by atoms with Crippen molar-refractivity contribution in [1.82, 2.24) is 5.32 Å². The number of ketones is 1. The second-order valence-electron chi connectivity index (χ2n) is 5.37. The van der Waals surface area contributed by atoms with Crippen molar-refractivity contribution in [2.24, 2.45) is 0 Å². The van der Waals surface area contributed by atoms with Gasteiger partial charge in [-0.05, 0) is 36.9 Å². The Hall–Kier alpha value is -1.93. The lowest BCUT2D eigenvalue weighted by Crippen LogP contribution is -2.30. The van der Waals surface area contributed by atoms with Gasteiger partial charge in [-0.1, -0.05) is 54.6 Å². The predicted octanol–water partition coefficient (Wildman–Crippen LogP) is 3.21. The number of carbonyl (C=O) groups is 1. The SMILES string of the molecule is O=C(c1ccc(Cc2ccccc2)cc1)C1CCCN1. The quantitative estimate of drug-likeness (QED) is 0.860. The van der Waals surface area contributed by atoms with Crippen LogP contribution in [0.4, 0.5) is 0 Å². The summed E-state index contributed by atoms with van der Waals surface area (Å²) in [7, 11) is 0. The molecule has 2 aromatic carbocycles. The minimum atomic E-state index is 0.0231. The van der Waals surface area contributed by atoms with Crippen LogP contribution >= 0.6 is 0 Å². The van der Waals surface area contributed by atoms with Gasteiger partial charge < -0.3 is 5.32 Å². The van der Waals surface area contributed by atoms with E-state index in [1.54, 1.807) is 0 Å². The first-order chi connectivity index (χ1) is 9.83. The number of benzene rings is 2. The zero-order valence-electron chi connectivity index (χ0n) is 11.5. The summed E-state index contributed by atoms with van der Waals surface area (Å²) in [6.07, 6.45) is 2.98. The highest BCUT2D eigenvalue weighted by molar-refractivity contribution is 6.00. The Morgan fingerprint density at radius 1 is 1.00 bits per heavy atom. The molecule has 2 nitrogen and oxygen atoms in total. The minimum Gasteiger partial charge on any atom is -0.307 e. The van der Waals surface area contributed by atoms with Crippen LogP contribution in [0.2, 0.25) is 0 Å². The highest BCUT2D eigenvalue weighted by Crippen LogP contribution is 2.15. The first kappa shape index (κ1) is 13.1. The molecule has 0 aromatic heterocycles. The van der Waals surface area contributed by atoms with E-state index < -0.39 is 0 Å². The minimum absolute atomic E-state index is 0.0231. The molecular formula is C18H19NO. The van der Waals surface area contributed by atoms with Crippen LogP contribution in [-0.2, 0) is 6.42 Å². The maximum Gasteiger partial charge on any atom is 0.179 e. The summed E-state index contributed by atoms with van der Waals surface area (Å²) in [5.41, 5.74) is 3.36. The van der Waals surface area contributed by atoms with Crippen LogP contribution < -0.4 is 5.32 Å². The van der Waals surface area contributed by atoms with E-state index in [0.29, 0.717) is 0 Å². The summed E-state index contributed by atoms with van der Waals surface area (Å²) in [6.45, 7) is 0.961. The Labute approximate surface area is 119 Å². The molecule has 102 valence electrons. The van der Waals surface area contributed by atoms with Gasteiger partial charge in [0.25, 0.3) is 0 Å². The lowest BCUT2D eigenvalue weighted by atomic mass is 9.99. The Bertz CT molecular complexity index is 568. The Morgan fingerprint density at radius 3 is 2.35 bits per heavy atom. The second kappa shape index (κ2) is 6.02. The normalized spacial score (nSPS) is 18.1. The van der Waals surface area contributed by atoms with Crippen LogP contribution in [0, 0.1) is 0 Å². The average molecular weight is 265 g/mol. The summed E-state index contributed by atoms with van der Waals surface area (Å²) in [5.74, 6) is 0.230. The van der Waals surface area contributed by atoms with Gasteiger partial charge >= 0.3 is 0 Å². The number of Topliss-reactive ketones (excluding diaryl/α,β-unsaturated/α-hetero) is 1. The van der Waals surface area contributed by atoms with E-state index in [0.717, 1.165) is 31.4 Å². The molecular weight excluding hydrogens is 246 g/mol. The van der Waals surface area contributed by atoms with E-state index in [9.17, 15) is 4.79 Å². The third-order valence-electron chi connectivity index (χ3n) is 3.87. The summed E-state index contributed by atoms with van der Waals surface area (Å²) < 4.78 is 0. The molecule has 1 fully saturated rings. The molecule has 0 bridgehead atoms. The smallest absolute Gasteiger partial charge is 0.179 e. The van der Waals surface area contributed by atoms with Crippen molar-refractivity contribution in [3.8, 4) is 0 Å². The summed E-state index contributed by atoms with van der Waals surface area (Å²) >= 11 is 0. The van der Waals surface area contributed by atoms with E-state index in [2.05, 4.69) is 41.7 Å². The number of rotatable bonds is 4. The van der Waals surface area contributed by atoms with Crippen molar-refractivity contribution >= 4 is 5.78 Å². The van der Waals surface area contributed by atoms with Gasteiger partial charge in [0.05, 0.1) is 6.04 Å². The third kappa shape index (κ3) is 2.97. The molecule has 0 amide bonds. The molecule has 0 aliphatic carbocycles. The standard InChI is InChI=1S/C18H19NO/c20-18(17-7-4-12-19-17)16-10-8-15(9-11-16)13-14-5-2-1-3-6-14/h1-3,5-6,8-11,17,19H,4,7,12-13H2. The van der Waals surface area contributed by atoms with Crippen LogP contribution in [0.25, 0.3) is 0 Å². The van der Waals surface area contributed by atoms with E-state index in [1.165, 1.54) is 11.1 Å². The Kier molecular flexibility index (Phi) is 3.93. The van der Waals surface area contributed by atoms with E-state index in [-0.39, 0.29) is 11.8 Å². The highest BCUT2D eigenvalue weighted by Gasteiger charge is 2.22. The van der Waals surface area contributed by atoms with Crippen molar-refractivity contribution in [3.05, 3.63) is 71.3 Å². The van der Waals surface area contributed by atoms with Crippen LogP contribution in [0.15, 0.2) is 54.6 Å². The van der Waals surface area contributed by atoms with E-state index in [4.69, 9.17) is 0 Å². The van der Waals surface area contributed by atoms with Crippen LogP contribution in [0.5, 0.6) is 0 Å². The second-order valence-corrected chi connectivity index (χ2v) is 5.37. The van der Waals surface area contributed by atoms with Gasteiger partial charge in [-0.2, -0.15) is 0 Å². The maximum absolute atomic E-state index is 12.3. The summed E-state index contributed by atoms with van der Waals surface area (Å²) in [6, 6.07) is 18.5. The molecule has 1 saturated heterocycles. The fraction of sp³-hybridized carbons (Fsp3) is 0.278. The number of hydrogen-bond acceptors (Lipinski definition) is 2. The average Bonchev–Trinajstić information content (AvgIpc) is 3.03. The van der Waals surface area contributed by atoms with Crippen LogP contribution in [-0.4, -0.2) is 18.4 Å². The molecule has 0 radical (unpaired) electrons. The monoisotopic (exact) mass is 265 g/mol. The molecule has 3 rings (SSSR count). The zero-order chi connectivity index (χ0) is 13.8. The van der Waals surface area contributed by atoms with Gasteiger partial charge in [0, 0.05) is 5.56 Å². The molecule has 1 heterocycles. The number of nitrogens with one attached hydrogen (secondary N) is 1. The zero-order valence-corrected chi connectivity index (χ0v) is 11.5. The predicted molar refractivity (Wildman–Crippen MR) is 81.0 cm³/mol. The number of carbonyl (C=O) groups excluding carboxylic acids is 1. The number of hydrogen-bond donors (Lipinski definition) is 1. The van der Waals surface area contributed by atoms with Crippen molar-refractivity contribution in [2.45, 2.75) is 25.3 Å². The third-order valence-corrected chi connectivity index (χ3v) is 3.87. The molecule has 2 heteroatoms. The van der Waals surface area contributed by atoms with Crippen molar-refractivity contribution < 1.29 is 4.79 Å². The first-order valence-corrected chi connectivity index (χ1v) is 7.23. The highest BCUT2D eigenvalue weighted by atomic mass is 16.1. The molecule has 0 saturated carbocycles. The molecule has 1 aliphatic heterocycles. The van der Waals surface area contributed by atoms with Gasteiger partial charge in [0.15, 0.2) is 5.78 Å². The summed E-state index contributed by atoms with van der Waals surface area (Å²) in [5, 5.41) is 3.26. The molecule has 0 spiro atoms. The maximum atomic E-state index is 12.3. The van der Waals surface area contributed by atoms with E-state index >= 15 is 0 Å². The van der Waals surface area contributed by atoms with Gasteiger partial charge in [0.1, 0.15) is 0 Å². The largest absolute Gasteiger partial charge is 0.307 e. The molecule has 1 aliphatic rings. The fourth-order valence-electron chi connectivity index (χ4n) is 2.73. The van der Waals surface area contributed by atoms with Crippen LogP contribution in [0.1, 0.15) is 34.3 Å². The molecule has 2 aromatic rings. The van der Waals surface area contributed by atoms with Crippen LogP contribution in [0.3, 0.4) is 0 Å². The lowest BCUT2D eigenvalue weighted by molar-refractivity contribution is 0.0952. The molecule has 1 N–H and O–H groups in total. The van der Waals surface area contributed by atoms with Crippen molar-refractivity contribution in [2.75, 3.05) is 6.54 Å². The Morgan fingerprint density at radius 2 is 1.70 bits per heavy atom. The van der Waals surface area contributed by atoms with Crippen molar-refractivity contribution in [1.29, 1.82) is 0 Å². The Balaban J connectivity index is 1.69. The topological polar surface area (TPSA) is 29.1 Å². The molecule has 1 unspecified atom stereocenters. The van der Waals surface area contributed by atoms with E-state index in [1.807, 2.05) is 18.2 Å². The van der Waals surface area contributed by atoms with Gasteiger partial charge in [-0.3, -0.25) is 4.79 Å². The first-order valence-electron chi connectivity index (χ1n) is 7.23. The lowest BCUT2D eigenvalue weighted by Gasteiger charge is -2.09. The molecule has 20 heavy (non-hydrogen) atoms. The van der Waals surface area contributed by atoms with Gasteiger partial charge in [-0.15, -0.1) is 0 Å². The fourth-order valence-corrected chi connectivity index (χ4v) is 2.73. The van der Waals surface area contributed by atoms with Crippen molar-refractivity contribution in [3.63, 3.8) is 0 Å². The van der Waals surface area contributed by atoms with Gasteiger partial charge in [0.2, 0.25) is 0 Å². The molecule has 1 atom stereocenters. The summed E-state index contributed by atoms with van der Waals surface area (Å²) in [4.78, 5) is 12.3.